The van der Waals surface area contributed by atoms with Crippen molar-refractivity contribution >= 4 is 50.7 Å². The van der Waals surface area contributed by atoms with Crippen molar-refractivity contribution < 1.29 is 12.8 Å². The van der Waals surface area contributed by atoms with Crippen molar-refractivity contribution in [3.8, 4) is 0 Å². The van der Waals surface area contributed by atoms with Gasteiger partial charge in [0.05, 0.1) is 11.5 Å². The van der Waals surface area contributed by atoms with E-state index >= 15 is 0 Å². The van der Waals surface area contributed by atoms with Crippen LogP contribution >= 0.6 is 24.0 Å². The maximum atomic E-state index is 11.5. The number of furan rings is 1. The molecule has 0 saturated carbocycles. The summed E-state index contributed by atoms with van der Waals surface area (Å²) in [5, 5.41) is 7.39. The highest BCUT2D eigenvalue weighted by Crippen LogP contribution is 2.19. The Morgan fingerprint density at radius 1 is 1.38 bits per heavy atom. The summed E-state index contributed by atoms with van der Waals surface area (Å²) in [5.74, 6) is 1.81. The highest BCUT2D eigenvalue weighted by atomic mass is 127. The standard InChI is InChI=1S/C16H21N3O3S.HI/c1-2-17-16(19-13-7-8-23(20,21)11-13)18-10-14-9-12-5-3-4-6-15(12)22-14;/h3-6,9,13H,2,7-8,10-11H2,1H3,(H2,17,18,19);1H. The normalized spacial score (nSPS) is 19.9. The molecular formula is C16H22IN3O3S. The minimum absolute atomic E-state index is 0. The maximum Gasteiger partial charge on any atom is 0.191 e. The van der Waals surface area contributed by atoms with Crippen LogP contribution in [0.25, 0.3) is 11.0 Å². The molecule has 1 saturated heterocycles. The van der Waals surface area contributed by atoms with Gasteiger partial charge in [-0.2, -0.15) is 0 Å². The second kappa shape index (κ2) is 8.19. The number of rotatable bonds is 4. The highest BCUT2D eigenvalue weighted by Gasteiger charge is 2.28. The number of halogens is 1. The first kappa shape index (κ1) is 19.0. The molecule has 8 heteroatoms. The molecule has 0 bridgehead atoms. The summed E-state index contributed by atoms with van der Waals surface area (Å²) in [6.45, 7) is 3.10. The molecule has 2 heterocycles. The number of hydrogen-bond acceptors (Lipinski definition) is 4. The van der Waals surface area contributed by atoms with E-state index in [2.05, 4.69) is 15.6 Å². The van der Waals surface area contributed by atoms with E-state index in [-0.39, 0.29) is 41.5 Å². The molecule has 1 aromatic heterocycles. The average molecular weight is 463 g/mol. The molecular weight excluding hydrogens is 441 g/mol. The molecule has 2 aromatic rings. The van der Waals surface area contributed by atoms with Crippen LogP contribution in [0.15, 0.2) is 39.7 Å². The largest absolute Gasteiger partial charge is 0.459 e. The highest BCUT2D eigenvalue weighted by molar-refractivity contribution is 14.0. The van der Waals surface area contributed by atoms with E-state index in [0.717, 1.165) is 16.7 Å². The summed E-state index contributed by atoms with van der Waals surface area (Å²) in [5.41, 5.74) is 0.845. The Bertz CT molecular complexity index is 784. The second-order valence-corrected chi connectivity index (χ2v) is 7.92. The van der Waals surface area contributed by atoms with Crippen molar-refractivity contribution in [1.29, 1.82) is 0 Å². The Morgan fingerprint density at radius 2 is 2.17 bits per heavy atom. The quantitative estimate of drug-likeness (QED) is 0.413. The van der Waals surface area contributed by atoms with Crippen LogP contribution in [0.2, 0.25) is 0 Å². The third-order valence-corrected chi connectivity index (χ3v) is 5.56. The zero-order valence-corrected chi connectivity index (χ0v) is 16.6. The molecule has 24 heavy (non-hydrogen) atoms. The number of nitrogens with zero attached hydrogens (tertiary/aromatic N) is 1. The molecule has 2 N–H and O–H groups in total. The predicted octanol–water partition coefficient (Wildman–Crippen LogP) is 2.29. The number of para-hydroxylation sites is 1. The van der Waals surface area contributed by atoms with Crippen molar-refractivity contribution in [1.82, 2.24) is 10.6 Å². The van der Waals surface area contributed by atoms with Crippen LogP contribution in [0.3, 0.4) is 0 Å². The summed E-state index contributed by atoms with van der Waals surface area (Å²) >= 11 is 0. The minimum Gasteiger partial charge on any atom is -0.459 e. The number of benzene rings is 1. The van der Waals surface area contributed by atoms with Gasteiger partial charge in [0, 0.05) is 18.0 Å². The monoisotopic (exact) mass is 463 g/mol. The minimum atomic E-state index is -2.90. The second-order valence-electron chi connectivity index (χ2n) is 5.69. The van der Waals surface area contributed by atoms with Gasteiger partial charge in [-0.05, 0) is 25.5 Å². The molecule has 1 unspecified atom stereocenters. The Labute approximate surface area is 159 Å². The Hall–Kier alpha value is -1.29. The lowest BCUT2D eigenvalue weighted by Gasteiger charge is -2.15. The van der Waals surface area contributed by atoms with Crippen molar-refractivity contribution in [2.45, 2.75) is 25.9 Å². The van der Waals surface area contributed by atoms with Crippen molar-refractivity contribution in [2.24, 2.45) is 4.99 Å². The van der Waals surface area contributed by atoms with E-state index in [1.807, 2.05) is 37.3 Å². The smallest absolute Gasteiger partial charge is 0.191 e. The first-order valence-electron chi connectivity index (χ1n) is 7.78. The molecule has 0 amide bonds. The first-order chi connectivity index (χ1) is 11.1. The van der Waals surface area contributed by atoms with Gasteiger partial charge in [0.15, 0.2) is 15.8 Å². The van der Waals surface area contributed by atoms with Crippen LogP contribution in [-0.2, 0) is 16.4 Å². The number of hydrogen-bond donors (Lipinski definition) is 2. The fourth-order valence-corrected chi connectivity index (χ4v) is 4.37. The number of aliphatic imine (C=N–C) groups is 1. The SMILES string of the molecule is CCNC(=NCc1cc2ccccc2o1)NC1CCS(=O)(=O)C1.I. The maximum absolute atomic E-state index is 11.5. The lowest BCUT2D eigenvalue weighted by molar-refractivity contribution is 0.550. The van der Waals surface area contributed by atoms with E-state index in [0.29, 0.717) is 25.5 Å². The lowest BCUT2D eigenvalue weighted by Crippen LogP contribution is -2.44. The first-order valence-corrected chi connectivity index (χ1v) is 9.60. The third kappa shape index (κ3) is 4.85. The van der Waals surface area contributed by atoms with E-state index in [4.69, 9.17) is 4.42 Å². The summed E-state index contributed by atoms with van der Waals surface area (Å²) in [7, 11) is -2.90. The van der Waals surface area contributed by atoms with E-state index in [9.17, 15) is 8.42 Å². The number of sulfone groups is 1. The summed E-state index contributed by atoms with van der Waals surface area (Å²) in [4.78, 5) is 4.50. The van der Waals surface area contributed by atoms with Gasteiger partial charge in [-0.3, -0.25) is 0 Å². The lowest BCUT2D eigenvalue weighted by atomic mass is 10.2. The van der Waals surface area contributed by atoms with Gasteiger partial charge in [-0.1, -0.05) is 18.2 Å². The molecule has 132 valence electrons. The molecule has 3 rings (SSSR count). The summed E-state index contributed by atoms with van der Waals surface area (Å²) in [6, 6.07) is 9.73. The van der Waals surface area contributed by atoms with Gasteiger partial charge in [-0.15, -0.1) is 24.0 Å². The Kier molecular flexibility index (Phi) is 6.50. The molecule has 0 aliphatic carbocycles. The Morgan fingerprint density at radius 3 is 2.83 bits per heavy atom. The van der Waals surface area contributed by atoms with Crippen molar-refractivity contribution in [3.05, 3.63) is 36.1 Å². The van der Waals surface area contributed by atoms with E-state index < -0.39 is 9.84 Å². The number of fused-ring (bicyclic) bond motifs is 1. The zero-order chi connectivity index (χ0) is 16.3. The molecule has 1 atom stereocenters. The summed E-state index contributed by atoms with van der Waals surface area (Å²) < 4.78 is 28.8. The predicted molar refractivity (Wildman–Crippen MR) is 107 cm³/mol. The molecule has 0 spiro atoms. The van der Waals surface area contributed by atoms with Crippen LogP contribution in [0.1, 0.15) is 19.1 Å². The molecule has 1 aliphatic heterocycles. The van der Waals surface area contributed by atoms with Gasteiger partial charge in [0.25, 0.3) is 0 Å². The topological polar surface area (TPSA) is 83.7 Å². The number of nitrogens with one attached hydrogen (secondary N) is 2. The Balaban J connectivity index is 0.00000208. The van der Waals surface area contributed by atoms with Crippen molar-refractivity contribution in [3.63, 3.8) is 0 Å². The van der Waals surface area contributed by atoms with Crippen LogP contribution in [-0.4, -0.2) is 38.5 Å². The van der Waals surface area contributed by atoms with E-state index in [1.165, 1.54) is 0 Å². The van der Waals surface area contributed by atoms with Gasteiger partial charge in [0.1, 0.15) is 17.9 Å². The number of guanidine groups is 1. The molecule has 1 fully saturated rings. The third-order valence-electron chi connectivity index (χ3n) is 3.79. The van der Waals surface area contributed by atoms with Gasteiger partial charge in [0.2, 0.25) is 0 Å². The summed E-state index contributed by atoms with van der Waals surface area (Å²) in [6.07, 6.45) is 0.622. The van der Waals surface area contributed by atoms with Crippen LogP contribution in [0.4, 0.5) is 0 Å². The average Bonchev–Trinajstić information content (AvgIpc) is 3.07. The molecule has 1 aromatic carbocycles. The molecule has 1 aliphatic rings. The van der Waals surface area contributed by atoms with Crippen LogP contribution in [0.5, 0.6) is 0 Å². The zero-order valence-electron chi connectivity index (χ0n) is 13.5. The van der Waals surface area contributed by atoms with Crippen molar-refractivity contribution in [2.75, 3.05) is 18.1 Å². The molecule has 6 nitrogen and oxygen atoms in total. The van der Waals surface area contributed by atoms with Crippen LogP contribution in [0, 0.1) is 0 Å². The molecule has 0 radical (unpaired) electrons. The fraction of sp³-hybridized carbons (Fsp3) is 0.438. The van der Waals surface area contributed by atoms with Crippen LogP contribution < -0.4 is 10.6 Å². The van der Waals surface area contributed by atoms with Gasteiger partial charge >= 0.3 is 0 Å². The van der Waals surface area contributed by atoms with Gasteiger partial charge < -0.3 is 15.1 Å². The van der Waals surface area contributed by atoms with E-state index in [1.54, 1.807) is 0 Å². The fourth-order valence-electron chi connectivity index (χ4n) is 2.69. The van der Waals surface area contributed by atoms with Gasteiger partial charge in [-0.25, -0.2) is 13.4 Å².